The van der Waals surface area contributed by atoms with Crippen molar-refractivity contribution < 1.29 is 13.6 Å². The monoisotopic (exact) mass is 332 g/mol. The number of benzene rings is 1. The molecule has 1 saturated heterocycles. The van der Waals surface area contributed by atoms with E-state index in [-0.39, 0.29) is 11.9 Å². The molecule has 0 aliphatic carbocycles. The molecule has 1 aliphatic heterocycles. The first-order valence-corrected chi connectivity index (χ1v) is 7.85. The minimum absolute atomic E-state index is 0.169. The number of aromatic nitrogens is 2. The normalized spacial score (nSPS) is 18.5. The lowest BCUT2D eigenvalue weighted by Gasteiger charge is -2.25. The molecule has 2 atom stereocenters. The van der Waals surface area contributed by atoms with Crippen molar-refractivity contribution in [3.63, 3.8) is 0 Å². The Morgan fingerprint density at radius 1 is 1.29 bits per heavy atom. The lowest BCUT2D eigenvalue weighted by molar-refractivity contribution is -0.122. The van der Waals surface area contributed by atoms with Crippen LogP contribution in [0.4, 0.5) is 14.7 Å². The van der Waals surface area contributed by atoms with Crippen LogP contribution in [-0.4, -0.2) is 28.5 Å². The minimum Gasteiger partial charge on any atom is -0.348 e. The molecular formula is C17H18F2N4O. The van der Waals surface area contributed by atoms with Gasteiger partial charge in [-0.15, -0.1) is 0 Å². The summed E-state index contributed by atoms with van der Waals surface area (Å²) in [5.74, 6) is -1.47. The van der Waals surface area contributed by atoms with Crippen LogP contribution < -0.4 is 10.2 Å². The fraction of sp³-hybridized carbons (Fsp3) is 0.353. The largest absolute Gasteiger partial charge is 0.348 e. The highest BCUT2D eigenvalue weighted by Gasteiger charge is 2.33. The Bertz CT molecular complexity index is 726. The maximum Gasteiger partial charge on any atom is 0.243 e. The molecule has 0 unspecified atom stereocenters. The molecule has 2 heterocycles. The van der Waals surface area contributed by atoms with Gasteiger partial charge in [-0.2, -0.15) is 0 Å². The number of carbonyl (C=O) groups excluding carboxylic acids is 1. The zero-order valence-electron chi connectivity index (χ0n) is 13.2. The van der Waals surface area contributed by atoms with Crippen LogP contribution in [-0.2, 0) is 4.79 Å². The van der Waals surface area contributed by atoms with Crippen molar-refractivity contribution in [1.82, 2.24) is 15.3 Å². The Labute approximate surface area is 138 Å². The van der Waals surface area contributed by atoms with Gasteiger partial charge in [0.05, 0.1) is 6.04 Å². The average Bonchev–Trinajstić information content (AvgIpc) is 3.08. The van der Waals surface area contributed by atoms with Crippen LogP contribution >= 0.6 is 0 Å². The molecule has 0 spiro atoms. The van der Waals surface area contributed by atoms with Gasteiger partial charge in [-0.3, -0.25) is 4.79 Å². The lowest BCUT2D eigenvalue weighted by Crippen LogP contribution is -2.44. The Hall–Kier alpha value is -2.57. The topological polar surface area (TPSA) is 58.1 Å². The van der Waals surface area contributed by atoms with Crippen LogP contribution in [0, 0.1) is 11.6 Å². The summed E-state index contributed by atoms with van der Waals surface area (Å²) in [7, 11) is 0. The SMILES string of the molecule is C[C@H](NC(=O)[C@H]1CCCN1c1ncccn1)c1ccc(F)c(F)c1. The summed E-state index contributed by atoms with van der Waals surface area (Å²) in [6, 6.07) is 4.57. The van der Waals surface area contributed by atoms with Crippen LogP contribution in [0.5, 0.6) is 0 Å². The number of hydrogen-bond donors (Lipinski definition) is 1. The molecule has 1 aromatic heterocycles. The highest BCUT2D eigenvalue weighted by molar-refractivity contribution is 5.85. The average molecular weight is 332 g/mol. The second-order valence-electron chi connectivity index (χ2n) is 5.80. The van der Waals surface area contributed by atoms with Gasteiger partial charge >= 0.3 is 0 Å². The van der Waals surface area contributed by atoms with Gasteiger partial charge in [-0.25, -0.2) is 18.7 Å². The number of hydrogen-bond acceptors (Lipinski definition) is 4. The second-order valence-corrected chi connectivity index (χ2v) is 5.80. The van der Waals surface area contributed by atoms with Crippen LogP contribution in [0.3, 0.4) is 0 Å². The number of anilines is 1. The second kappa shape index (κ2) is 6.90. The molecule has 0 saturated carbocycles. The third-order valence-corrected chi connectivity index (χ3v) is 4.17. The van der Waals surface area contributed by atoms with E-state index >= 15 is 0 Å². The van der Waals surface area contributed by atoms with Gasteiger partial charge in [0.1, 0.15) is 6.04 Å². The van der Waals surface area contributed by atoms with E-state index in [0.29, 0.717) is 24.5 Å². The molecule has 2 aromatic rings. The van der Waals surface area contributed by atoms with Gasteiger partial charge in [0.25, 0.3) is 0 Å². The van der Waals surface area contributed by atoms with Crippen molar-refractivity contribution in [2.45, 2.75) is 31.8 Å². The van der Waals surface area contributed by atoms with Crippen molar-refractivity contribution >= 4 is 11.9 Å². The van der Waals surface area contributed by atoms with Crippen LogP contribution in [0.1, 0.15) is 31.4 Å². The van der Waals surface area contributed by atoms with Gasteiger partial charge < -0.3 is 10.2 Å². The summed E-state index contributed by atoms with van der Waals surface area (Å²) < 4.78 is 26.4. The number of rotatable bonds is 4. The van der Waals surface area contributed by atoms with Crippen molar-refractivity contribution in [3.8, 4) is 0 Å². The first-order chi connectivity index (χ1) is 11.6. The molecule has 0 radical (unpaired) electrons. The van der Waals surface area contributed by atoms with E-state index in [1.54, 1.807) is 25.4 Å². The molecule has 3 rings (SSSR count). The van der Waals surface area contributed by atoms with Crippen molar-refractivity contribution in [2.75, 3.05) is 11.4 Å². The van der Waals surface area contributed by atoms with E-state index in [0.717, 1.165) is 18.6 Å². The van der Waals surface area contributed by atoms with Gasteiger partial charge in [0, 0.05) is 18.9 Å². The number of nitrogens with one attached hydrogen (secondary N) is 1. The minimum atomic E-state index is -0.922. The summed E-state index contributed by atoms with van der Waals surface area (Å²) in [4.78, 5) is 22.8. The molecule has 1 fully saturated rings. The quantitative estimate of drug-likeness (QED) is 0.935. The Morgan fingerprint density at radius 3 is 2.75 bits per heavy atom. The fourth-order valence-corrected chi connectivity index (χ4v) is 2.89. The van der Waals surface area contributed by atoms with E-state index in [1.807, 2.05) is 4.90 Å². The van der Waals surface area contributed by atoms with Gasteiger partial charge in [-0.05, 0) is 43.5 Å². The van der Waals surface area contributed by atoms with Crippen molar-refractivity contribution in [3.05, 3.63) is 53.9 Å². The Kier molecular flexibility index (Phi) is 4.69. The van der Waals surface area contributed by atoms with E-state index in [2.05, 4.69) is 15.3 Å². The molecule has 5 nitrogen and oxygen atoms in total. The number of nitrogens with zero attached hydrogens (tertiary/aromatic N) is 3. The summed E-state index contributed by atoms with van der Waals surface area (Å²) in [6.07, 6.45) is 4.85. The lowest BCUT2D eigenvalue weighted by atomic mass is 10.1. The molecule has 0 bridgehead atoms. The zero-order valence-corrected chi connectivity index (χ0v) is 13.2. The summed E-state index contributed by atoms with van der Waals surface area (Å²) in [5.41, 5.74) is 0.516. The fourth-order valence-electron chi connectivity index (χ4n) is 2.89. The summed E-state index contributed by atoms with van der Waals surface area (Å²) >= 11 is 0. The third kappa shape index (κ3) is 3.34. The molecule has 1 amide bonds. The number of halogens is 2. The molecule has 1 aliphatic rings. The third-order valence-electron chi connectivity index (χ3n) is 4.17. The maximum absolute atomic E-state index is 13.3. The molecule has 1 aromatic carbocycles. The standard InChI is InChI=1S/C17H18F2N4O/c1-11(12-5-6-13(18)14(19)10-12)22-16(24)15-4-2-9-23(15)17-20-7-3-8-21-17/h3,5-8,10-11,15H,2,4,9H2,1H3,(H,22,24)/t11-,15+/m0/s1. The highest BCUT2D eigenvalue weighted by Crippen LogP contribution is 2.23. The predicted octanol–water partition coefficient (Wildman–Crippen LogP) is 2.60. The van der Waals surface area contributed by atoms with Crippen LogP contribution in [0.15, 0.2) is 36.7 Å². The number of carbonyl (C=O) groups is 1. The summed E-state index contributed by atoms with van der Waals surface area (Å²) in [5, 5.41) is 2.86. The Balaban J connectivity index is 1.70. The Morgan fingerprint density at radius 2 is 2.04 bits per heavy atom. The maximum atomic E-state index is 13.3. The molecule has 7 heteroatoms. The smallest absolute Gasteiger partial charge is 0.243 e. The first-order valence-electron chi connectivity index (χ1n) is 7.85. The van der Waals surface area contributed by atoms with Gasteiger partial charge in [-0.1, -0.05) is 6.07 Å². The predicted molar refractivity (Wildman–Crippen MR) is 85.3 cm³/mol. The number of amides is 1. The first kappa shape index (κ1) is 16.3. The van der Waals surface area contributed by atoms with Crippen LogP contribution in [0.2, 0.25) is 0 Å². The van der Waals surface area contributed by atoms with E-state index < -0.39 is 17.7 Å². The van der Waals surface area contributed by atoms with Crippen molar-refractivity contribution in [2.24, 2.45) is 0 Å². The van der Waals surface area contributed by atoms with E-state index in [9.17, 15) is 13.6 Å². The highest BCUT2D eigenvalue weighted by atomic mass is 19.2. The van der Waals surface area contributed by atoms with E-state index in [4.69, 9.17) is 0 Å². The van der Waals surface area contributed by atoms with Crippen molar-refractivity contribution in [1.29, 1.82) is 0 Å². The van der Waals surface area contributed by atoms with Gasteiger partial charge in [0.2, 0.25) is 11.9 Å². The summed E-state index contributed by atoms with van der Waals surface area (Å²) in [6.45, 7) is 2.45. The van der Waals surface area contributed by atoms with E-state index in [1.165, 1.54) is 6.07 Å². The molecular weight excluding hydrogens is 314 g/mol. The molecule has 126 valence electrons. The zero-order chi connectivity index (χ0) is 17.1. The molecule has 1 N–H and O–H groups in total. The molecule has 24 heavy (non-hydrogen) atoms. The van der Waals surface area contributed by atoms with Gasteiger partial charge in [0.15, 0.2) is 11.6 Å². The van der Waals surface area contributed by atoms with Crippen LogP contribution in [0.25, 0.3) is 0 Å².